The Labute approximate surface area is 164 Å². The fourth-order valence-electron chi connectivity index (χ4n) is 2.84. The Kier molecular flexibility index (Phi) is 6.32. The summed E-state index contributed by atoms with van der Waals surface area (Å²) >= 11 is 0. The molecule has 3 aromatic rings. The monoisotopic (exact) mass is 378 g/mol. The number of hydrogen-bond acceptors (Lipinski definition) is 4. The quantitative estimate of drug-likeness (QED) is 0.676. The van der Waals surface area contributed by atoms with E-state index in [1.807, 2.05) is 18.2 Å². The Balaban J connectivity index is 1.74. The van der Waals surface area contributed by atoms with E-state index < -0.39 is 0 Å². The van der Waals surface area contributed by atoms with Gasteiger partial charge in [0.05, 0.1) is 0 Å². The number of nitrogens with one attached hydrogen (secondary N) is 1. The van der Waals surface area contributed by atoms with Crippen molar-refractivity contribution in [3.05, 3.63) is 89.6 Å². The van der Waals surface area contributed by atoms with Crippen LogP contribution in [-0.2, 0) is 13.1 Å². The topological polar surface area (TPSA) is 58.1 Å². The van der Waals surface area contributed by atoms with Gasteiger partial charge in [-0.25, -0.2) is 14.4 Å². The first-order valence-electron chi connectivity index (χ1n) is 9.19. The highest BCUT2D eigenvalue weighted by molar-refractivity contribution is 5.92. The second-order valence-electron chi connectivity index (χ2n) is 6.74. The van der Waals surface area contributed by atoms with Crippen LogP contribution in [0.5, 0.6) is 0 Å². The smallest absolute Gasteiger partial charge is 0.270 e. The van der Waals surface area contributed by atoms with Gasteiger partial charge in [0.2, 0.25) is 0 Å². The molecule has 0 atom stereocenters. The summed E-state index contributed by atoms with van der Waals surface area (Å²) in [6, 6.07) is 18.3. The summed E-state index contributed by atoms with van der Waals surface area (Å²) in [6.07, 6.45) is 1.38. The Hall–Kier alpha value is -3.28. The van der Waals surface area contributed by atoms with Crippen molar-refractivity contribution in [3.63, 3.8) is 0 Å². The van der Waals surface area contributed by atoms with Gasteiger partial charge in [-0.3, -0.25) is 4.79 Å². The molecule has 0 spiro atoms. The molecule has 28 heavy (non-hydrogen) atoms. The lowest BCUT2D eigenvalue weighted by Crippen LogP contribution is -2.32. The lowest BCUT2D eigenvalue weighted by atomic mass is 10.2. The summed E-state index contributed by atoms with van der Waals surface area (Å²) in [5.74, 6) is -0.0414. The molecule has 144 valence electrons. The van der Waals surface area contributed by atoms with Crippen molar-refractivity contribution in [3.8, 4) is 0 Å². The Morgan fingerprint density at radius 3 is 2.50 bits per heavy atom. The number of anilines is 1. The van der Waals surface area contributed by atoms with Crippen molar-refractivity contribution in [2.45, 2.75) is 33.0 Å². The van der Waals surface area contributed by atoms with Crippen molar-refractivity contribution >= 4 is 11.7 Å². The predicted molar refractivity (Wildman–Crippen MR) is 107 cm³/mol. The SMILES string of the molecule is CC(C)N(Cc1ccccc1)c1cc(C(=O)NCc2ccccc2F)ncn1. The molecule has 3 rings (SSSR count). The van der Waals surface area contributed by atoms with E-state index in [2.05, 4.69) is 46.2 Å². The van der Waals surface area contributed by atoms with E-state index in [1.54, 1.807) is 24.3 Å². The summed E-state index contributed by atoms with van der Waals surface area (Å²) in [4.78, 5) is 23.0. The zero-order chi connectivity index (χ0) is 19.9. The fourth-order valence-corrected chi connectivity index (χ4v) is 2.84. The molecule has 0 saturated heterocycles. The second kappa shape index (κ2) is 9.08. The molecule has 5 nitrogen and oxygen atoms in total. The van der Waals surface area contributed by atoms with Gasteiger partial charge in [0, 0.05) is 30.8 Å². The van der Waals surface area contributed by atoms with Crippen molar-refractivity contribution in [1.29, 1.82) is 0 Å². The third kappa shape index (κ3) is 4.91. The maximum Gasteiger partial charge on any atom is 0.270 e. The number of amides is 1. The van der Waals surface area contributed by atoms with Crippen molar-refractivity contribution < 1.29 is 9.18 Å². The molecule has 0 saturated carbocycles. The van der Waals surface area contributed by atoms with Gasteiger partial charge in [-0.05, 0) is 25.5 Å². The van der Waals surface area contributed by atoms with Gasteiger partial charge in [0.15, 0.2) is 0 Å². The summed E-state index contributed by atoms with van der Waals surface area (Å²) in [5.41, 5.74) is 1.83. The molecule has 1 amide bonds. The molecule has 6 heteroatoms. The van der Waals surface area contributed by atoms with E-state index in [-0.39, 0.29) is 30.0 Å². The molecule has 0 radical (unpaired) electrons. The summed E-state index contributed by atoms with van der Waals surface area (Å²) < 4.78 is 13.7. The number of halogens is 1. The molecular weight excluding hydrogens is 355 g/mol. The standard InChI is InChI=1S/C22H23FN4O/c1-16(2)27(14-17-8-4-3-5-9-17)21-12-20(25-15-26-21)22(28)24-13-18-10-6-7-11-19(18)23/h3-12,15-16H,13-14H2,1-2H3,(H,24,28). The zero-order valence-electron chi connectivity index (χ0n) is 16.0. The molecule has 0 bridgehead atoms. The number of hydrogen-bond donors (Lipinski definition) is 1. The van der Waals surface area contributed by atoms with Gasteiger partial charge in [-0.2, -0.15) is 0 Å². The number of benzene rings is 2. The molecule has 1 heterocycles. The third-order valence-corrected chi connectivity index (χ3v) is 4.40. The highest BCUT2D eigenvalue weighted by Crippen LogP contribution is 2.18. The van der Waals surface area contributed by atoms with Gasteiger partial charge in [-0.15, -0.1) is 0 Å². The minimum absolute atomic E-state index is 0.1000. The summed E-state index contributed by atoms with van der Waals surface area (Å²) in [7, 11) is 0. The van der Waals surface area contributed by atoms with Crippen LogP contribution in [0.3, 0.4) is 0 Å². The molecule has 0 unspecified atom stereocenters. The van der Waals surface area contributed by atoms with Crippen LogP contribution in [0.25, 0.3) is 0 Å². The van der Waals surface area contributed by atoms with Crippen LogP contribution in [-0.4, -0.2) is 21.9 Å². The lowest BCUT2D eigenvalue weighted by molar-refractivity contribution is 0.0945. The van der Waals surface area contributed by atoms with Crippen LogP contribution in [0.15, 0.2) is 67.0 Å². The van der Waals surface area contributed by atoms with Crippen LogP contribution in [0.2, 0.25) is 0 Å². The number of carbonyl (C=O) groups is 1. The zero-order valence-corrected chi connectivity index (χ0v) is 16.0. The molecule has 0 fully saturated rings. The summed E-state index contributed by atoms with van der Waals surface area (Å²) in [5, 5.41) is 2.71. The van der Waals surface area contributed by atoms with Crippen LogP contribution in [0.4, 0.5) is 10.2 Å². The Morgan fingerprint density at radius 1 is 1.07 bits per heavy atom. The van der Waals surface area contributed by atoms with Crippen LogP contribution in [0.1, 0.15) is 35.5 Å². The first-order valence-corrected chi connectivity index (χ1v) is 9.19. The highest BCUT2D eigenvalue weighted by Gasteiger charge is 2.16. The van der Waals surface area contributed by atoms with Crippen molar-refractivity contribution in [2.75, 3.05) is 4.90 Å². The van der Waals surface area contributed by atoms with Crippen LogP contribution >= 0.6 is 0 Å². The average Bonchev–Trinajstić information content (AvgIpc) is 2.72. The van der Waals surface area contributed by atoms with E-state index in [0.717, 1.165) is 5.56 Å². The van der Waals surface area contributed by atoms with Gasteiger partial charge in [-0.1, -0.05) is 48.5 Å². The van der Waals surface area contributed by atoms with Gasteiger partial charge in [0.25, 0.3) is 5.91 Å². The number of rotatable bonds is 7. The minimum atomic E-state index is -0.365. The van der Waals surface area contributed by atoms with Crippen LogP contribution < -0.4 is 10.2 Å². The molecule has 1 N–H and O–H groups in total. The van der Waals surface area contributed by atoms with E-state index in [1.165, 1.54) is 12.4 Å². The number of carbonyl (C=O) groups excluding carboxylic acids is 1. The maximum absolute atomic E-state index is 13.7. The number of nitrogens with zero attached hydrogens (tertiary/aromatic N) is 3. The average molecular weight is 378 g/mol. The van der Waals surface area contributed by atoms with E-state index in [9.17, 15) is 9.18 Å². The molecular formula is C22H23FN4O. The first kappa shape index (κ1) is 19.5. The normalized spacial score (nSPS) is 10.7. The second-order valence-corrected chi connectivity index (χ2v) is 6.74. The van der Waals surface area contributed by atoms with E-state index >= 15 is 0 Å². The predicted octanol–water partition coefficient (Wildman–Crippen LogP) is 3.96. The third-order valence-electron chi connectivity index (χ3n) is 4.40. The highest BCUT2D eigenvalue weighted by atomic mass is 19.1. The molecule has 0 aliphatic rings. The molecule has 2 aromatic carbocycles. The molecule has 0 aliphatic carbocycles. The lowest BCUT2D eigenvalue weighted by Gasteiger charge is -2.28. The Bertz CT molecular complexity index is 931. The molecule has 0 aliphatic heterocycles. The van der Waals surface area contributed by atoms with E-state index in [0.29, 0.717) is 17.9 Å². The van der Waals surface area contributed by atoms with Crippen molar-refractivity contribution in [2.24, 2.45) is 0 Å². The first-order chi connectivity index (χ1) is 13.5. The fraction of sp³-hybridized carbons (Fsp3) is 0.227. The van der Waals surface area contributed by atoms with Gasteiger partial charge < -0.3 is 10.2 Å². The van der Waals surface area contributed by atoms with Gasteiger partial charge >= 0.3 is 0 Å². The van der Waals surface area contributed by atoms with Crippen molar-refractivity contribution in [1.82, 2.24) is 15.3 Å². The number of aromatic nitrogens is 2. The van der Waals surface area contributed by atoms with Gasteiger partial charge in [0.1, 0.15) is 23.7 Å². The Morgan fingerprint density at radius 2 is 1.79 bits per heavy atom. The van der Waals surface area contributed by atoms with E-state index in [4.69, 9.17) is 0 Å². The minimum Gasteiger partial charge on any atom is -0.350 e. The molecule has 1 aromatic heterocycles. The van der Waals surface area contributed by atoms with Crippen LogP contribution in [0, 0.1) is 5.82 Å². The largest absolute Gasteiger partial charge is 0.350 e. The maximum atomic E-state index is 13.7. The summed E-state index contributed by atoms with van der Waals surface area (Å²) in [6.45, 7) is 4.92.